The summed E-state index contributed by atoms with van der Waals surface area (Å²) >= 11 is 0. The quantitative estimate of drug-likeness (QED) is 0.677. The smallest absolute Gasteiger partial charge is 0.165 e. The van der Waals surface area contributed by atoms with Gasteiger partial charge in [-0.25, -0.2) is 4.39 Å². The van der Waals surface area contributed by atoms with Gasteiger partial charge in [0.05, 0.1) is 13.2 Å². The summed E-state index contributed by atoms with van der Waals surface area (Å²) in [5.74, 6) is -0.0462. The molecule has 0 radical (unpaired) electrons. The molecule has 19 heavy (non-hydrogen) atoms. The van der Waals surface area contributed by atoms with Crippen LogP contribution in [0.2, 0.25) is 0 Å². The van der Waals surface area contributed by atoms with E-state index in [2.05, 4.69) is 12.2 Å². The lowest BCUT2D eigenvalue weighted by molar-refractivity contribution is 0.139. The molecule has 3 nitrogen and oxygen atoms in total. The highest BCUT2D eigenvalue weighted by Gasteiger charge is 2.25. The van der Waals surface area contributed by atoms with Gasteiger partial charge >= 0.3 is 0 Å². The molecule has 0 heterocycles. The molecular weight excluding hydrogens is 245 g/mol. The minimum atomic E-state index is -0.335. The molecule has 0 aliphatic carbocycles. The van der Waals surface area contributed by atoms with Crippen molar-refractivity contribution in [1.29, 1.82) is 0 Å². The highest BCUT2D eigenvalue weighted by atomic mass is 19.1. The largest absolute Gasteiger partial charge is 0.491 e. The van der Waals surface area contributed by atoms with Crippen LogP contribution >= 0.6 is 0 Å². The molecule has 1 aromatic carbocycles. The summed E-state index contributed by atoms with van der Waals surface area (Å²) in [6.07, 6.45) is 2.44. The van der Waals surface area contributed by atoms with E-state index >= 15 is 0 Å². The van der Waals surface area contributed by atoms with Gasteiger partial charge in [0, 0.05) is 5.54 Å². The Bertz CT molecular complexity index is 367. The summed E-state index contributed by atoms with van der Waals surface area (Å²) in [5.41, 5.74) is -0.243. The summed E-state index contributed by atoms with van der Waals surface area (Å²) in [6.45, 7) is 5.46. The molecule has 0 aromatic heterocycles. The summed E-state index contributed by atoms with van der Waals surface area (Å²) < 4.78 is 18.7. The third kappa shape index (κ3) is 4.80. The van der Waals surface area contributed by atoms with E-state index in [4.69, 9.17) is 4.74 Å². The van der Waals surface area contributed by atoms with Crippen molar-refractivity contribution in [2.24, 2.45) is 0 Å². The molecule has 0 aliphatic heterocycles. The van der Waals surface area contributed by atoms with Crippen molar-refractivity contribution >= 4 is 0 Å². The molecule has 1 unspecified atom stereocenters. The molecule has 1 aromatic rings. The van der Waals surface area contributed by atoms with E-state index in [-0.39, 0.29) is 23.7 Å². The normalized spacial score (nSPS) is 14.1. The minimum Gasteiger partial charge on any atom is -0.491 e. The summed E-state index contributed by atoms with van der Waals surface area (Å²) in [4.78, 5) is 0. The van der Waals surface area contributed by atoms with Crippen LogP contribution in [0.3, 0.4) is 0 Å². The Morgan fingerprint density at radius 3 is 2.63 bits per heavy atom. The monoisotopic (exact) mass is 269 g/mol. The van der Waals surface area contributed by atoms with Gasteiger partial charge in [-0.15, -0.1) is 0 Å². The Morgan fingerprint density at radius 2 is 2.05 bits per heavy atom. The van der Waals surface area contributed by atoms with Crippen LogP contribution in [0.5, 0.6) is 5.75 Å². The molecule has 0 saturated carbocycles. The number of ether oxygens (including phenoxy) is 1. The number of para-hydroxylation sites is 1. The molecule has 4 heteroatoms. The summed E-state index contributed by atoms with van der Waals surface area (Å²) in [5, 5.41) is 12.8. The van der Waals surface area contributed by atoms with Gasteiger partial charge in [0.15, 0.2) is 11.6 Å². The van der Waals surface area contributed by atoms with Crippen molar-refractivity contribution in [2.45, 2.75) is 38.6 Å². The lowest BCUT2D eigenvalue weighted by Crippen LogP contribution is -2.48. The summed E-state index contributed by atoms with van der Waals surface area (Å²) in [6, 6.07) is 6.40. The molecule has 2 N–H and O–H groups in total. The number of hydrogen-bond acceptors (Lipinski definition) is 3. The first-order valence-corrected chi connectivity index (χ1v) is 6.90. The fourth-order valence-corrected chi connectivity index (χ4v) is 2.17. The van der Waals surface area contributed by atoms with Gasteiger partial charge in [-0.1, -0.05) is 26.0 Å². The lowest BCUT2D eigenvalue weighted by Gasteiger charge is -2.31. The molecule has 0 saturated heterocycles. The van der Waals surface area contributed by atoms with Gasteiger partial charge in [0.1, 0.15) is 0 Å². The fraction of sp³-hybridized carbons (Fsp3) is 0.600. The number of aliphatic hydroxyl groups excluding tert-OH is 1. The third-order valence-corrected chi connectivity index (χ3v) is 3.43. The average molecular weight is 269 g/mol. The first kappa shape index (κ1) is 15.9. The average Bonchev–Trinajstić information content (AvgIpc) is 2.44. The van der Waals surface area contributed by atoms with E-state index in [9.17, 15) is 9.50 Å². The van der Waals surface area contributed by atoms with Gasteiger partial charge < -0.3 is 15.2 Å². The standard InChI is InChI=1S/C15H24FNO2/c1-3-15(12-18,17-4-2)10-7-11-19-14-9-6-5-8-13(14)16/h5-6,8-9,17-18H,3-4,7,10-12H2,1-2H3. The van der Waals surface area contributed by atoms with Gasteiger partial charge in [0.2, 0.25) is 0 Å². The second-order valence-electron chi connectivity index (χ2n) is 4.70. The molecule has 1 atom stereocenters. The molecule has 0 bridgehead atoms. The van der Waals surface area contributed by atoms with E-state index in [1.807, 2.05) is 6.92 Å². The zero-order chi connectivity index (χ0) is 14.1. The van der Waals surface area contributed by atoms with Crippen LogP contribution in [0.4, 0.5) is 4.39 Å². The van der Waals surface area contributed by atoms with Crippen molar-refractivity contribution < 1.29 is 14.2 Å². The van der Waals surface area contributed by atoms with Gasteiger partial charge in [0.25, 0.3) is 0 Å². The maximum atomic E-state index is 13.3. The third-order valence-electron chi connectivity index (χ3n) is 3.43. The highest BCUT2D eigenvalue weighted by Crippen LogP contribution is 2.19. The molecule has 0 aliphatic rings. The Balaban J connectivity index is 2.39. The van der Waals surface area contributed by atoms with Crippen LogP contribution in [0.25, 0.3) is 0 Å². The molecule has 108 valence electrons. The van der Waals surface area contributed by atoms with E-state index in [1.165, 1.54) is 6.07 Å². The Labute approximate surface area is 114 Å². The number of hydrogen-bond donors (Lipinski definition) is 2. The molecule has 0 amide bonds. The zero-order valence-corrected chi connectivity index (χ0v) is 11.8. The van der Waals surface area contributed by atoms with Crippen molar-refractivity contribution in [1.82, 2.24) is 5.32 Å². The fourth-order valence-electron chi connectivity index (χ4n) is 2.17. The first-order chi connectivity index (χ1) is 9.17. The zero-order valence-electron chi connectivity index (χ0n) is 11.8. The number of halogens is 1. The Hall–Kier alpha value is -1.13. The van der Waals surface area contributed by atoms with Crippen molar-refractivity contribution in [3.05, 3.63) is 30.1 Å². The van der Waals surface area contributed by atoms with Gasteiger partial charge in [-0.05, 0) is 37.9 Å². The van der Waals surface area contributed by atoms with E-state index in [1.54, 1.807) is 18.2 Å². The number of aliphatic hydroxyl groups is 1. The molecule has 1 rings (SSSR count). The van der Waals surface area contributed by atoms with Crippen LogP contribution in [-0.4, -0.2) is 30.4 Å². The molecular formula is C15H24FNO2. The van der Waals surface area contributed by atoms with E-state index in [0.29, 0.717) is 6.61 Å². The van der Waals surface area contributed by atoms with Gasteiger partial charge in [-0.2, -0.15) is 0 Å². The maximum Gasteiger partial charge on any atom is 0.165 e. The van der Waals surface area contributed by atoms with Crippen molar-refractivity contribution in [3.8, 4) is 5.75 Å². The Morgan fingerprint density at radius 1 is 1.32 bits per heavy atom. The number of rotatable bonds is 9. The minimum absolute atomic E-state index is 0.108. The number of likely N-dealkylation sites (N-methyl/N-ethyl adjacent to an activating group) is 1. The van der Waals surface area contributed by atoms with Crippen molar-refractivity contribution in [3.63, 3.8) is 0 Å². The number of benzene rings is 1. The lowest BCUT2D eigenvalue weighted by atomic mass is 9.91. The molecule has 0 fully saturated rings. The second kappa shape index (κ2) is 8.12. The van der Waals surface area contributed by atoms with Crippen molar-refractivity contribution in [2.75, 3.05) is 19.8 Å². The van der Waals surface area contributed by atoms with Crippen LogP contribution in [-0.2, 0) is 0 Å². The van der Waals surface area contributed by atoms with Gasteiger partial charge in [-0.3, -0.25) is 0 Å². The summed E-state index contributed by atoms with van der Waals surface area (Å²) in [7, 11) is 0. The number of nitrogens with one attached hydrogen (secondary N) is 1. The first-order valence-electron chi connectivity index (χ1n) is 6.90. The van der Waals surface area contributed by atoms with Crippen LogP contribution < -0.4 is 10.1 Å². The highest BCUT2D eigenvalue weighted by molar-refractivity contribution is 5.23. The Kier molecular flexibility index (Phi) is 6.81. The molecule has 0 spiro atoms. The predicted octanol–water partition coefficient (Wildman–Crippen LogP) is 2.74. The van der Waals surface area contributed by atoms with Crippen LogP contribution in [0, 0.1) is 5.82 Å². The van der Waals surface area contributed by atoms with Crippen LogP contribution in [0.1, 0.15) is 33.1 Å². The SMILES string of the molecule is CCNC(CC)(CO)CCCOc1ccccc1F. The second-order valence-corrected chi connectivity index (χ2v) is 4.70. The van der Waals surface area contributed by atoms with E-state index in [0.717, 1.165) is 25.8 Å². The topological polar surface area (TPSA) is 41.5 Å². The van der Waals surface area contributed by atoms with Crippen LogP contribution in [0.15, 0.2) is 24.3 Å². The van der Waals surface area contributed by atoms with E-state index < -0.39 is 0 Å². The maximum absolute atomic E-state index is 13.3. The predicted molar refractivity (Wildman–Crippen MR) is 74.9 cm³/mol.